The van der Waals surface area contributed by atoms with E-state index in [-0.39, 0.29) is 23.9 Å². The van der Waals surface area contributed by atoms with Crippen LogP contribution >= 0.6 is 0 Å². The zero-order valence-electron chi connectivity index (χ0n) is 16.3. The third kappa shape index (κ3) is 5.31. The van der Waals surface area contributed by atoms with E-state index in [9.17, 15) is 13.6 Å². The maximum atomic E-state index is 12.6. The number of hydrogen-bond acceptors (Lipinski definition) is 4. The Balaban J connectivity index is 1.66. The number of nitrogens with one attached hydrogen (secondary N) is 1. The average molecular weight is 401 g/mol. The topological polar surface area (TPSA) is 65.4 Å². The van der Waals surface area contributed by atoms with Gasteiger partial charge in [0.15, 0.2) is 12.4 Å². The molecule has 0 aliphatic rings. The Morgan fingerprint density at radius 3 is 2.52 bits per heavy atom. The smallest absolute Gasteiger partial charge is 0.387 e. The van der Waals surface area contributed by atoms with E-state index in [0.29, 0.717) is 0 Å². The molecule has 0 saturated carbocycles. The summed E-state index contributed by atoms with van der Waals surface area (Å²) in [4.78, 5) is 12.4. The summed E-state index contributed by atoms with van der Waals surface area (Å²) in [7, 11) is 0. The molecule has 3 aromatic rings. The summed E-state index contributed by atoms with van der Waals surface area (Å²) in [5.41, 5.74) is 3.13. The lowest BCUT2D eigenvalue weighted by atomic mass is 10.1. The number of hydrogen-bond donors (Lipinski definition) is 1. The predicted molar refractivity (Wildman–Crippen MR) is 105 cm³/mol. The third-order valence-corrected chi connectivity index (χ3v) is 4.16. The predicted octanol–water partition coefficient (Wildman–Crippen LogP) is 4.70. The zero-order valence-corrected chi connectivity index (χ0v) is 16.3. The summed E-state index contributed by atoms with van der Waals surface area (Å²) in [6.07, 6.45) is 1.60. The fourth-order valence-electron chi connectivity index (χ4n) is 2.76. The first-order chi connectivity index (χ1) is 13.8. The number of anilines is 1. The highest BCUT2D eigenvalue weighted by atomic mass is 19.3. The number of benzene rings is 2. The maximum Gasteiger partial charge on any atom is 0.387 e. The van der Waals surface area contributed by atoms with Gasteiger partial charge in [-0.25, -0.2) is 4.68 Å². The summed E-state index contributed by atoms with van der Waals surface area (Å²) in [6, 6.07) is 12.0. The molecule has 0 aliphatic carbocycles. The van der Waals surface area contributed by atoms with E-state index in [1.54, 1.807) is 19.2 Å². The second kappa shape index (κ2) is 8.72. The van der Waals surface area contributed by atoms with Crippen molar-refractivity contribution in [1.29, 1.82) is 0 Å². The summed E-state index contributed by atoms with van der Waals surface area (Å²) in [5, 5.41) is 6.72. The number of rotatable bonds is 7. The van der Waals surface area contributed by atoms with Crippen molar-refractivity contribution >= 4 is 11.6 Å². The van der Waals surface area contributed by atoms with E-state index in [4.69, 9.17) is 4.74 Å². The first kappa shape index (κ1) is 20.3. The van der Waals surface area contributed by atoms with E-state index in [1.165, 1.54) is 22.9 Å². The van der Waals surface area contributed by atoms with Crippen molar-refractivity contribution in [3.05, 3.63) is 71.0 Å². The van der Waals surface area contributed by atoms with Crippen LogP contribution in [0.25, 0.3) is 0 Å². The molecule has 0 aliphatic heterocycles. The fourth-order valence-corrected chi connectivity index (χ4v) is 2.76. The zero-order chi connectivity index (χ0) is 21.0. The number of halogens is 2. The molecule has 0 unspecified atom stereocenters. The molecule has 0 fully saturated rings. The van der Waals surface area contributed by atoms with Gasteiger partial charge in [0, 0.05) is 6.20 Å². The van der Waals surface area contributed by atoms with Crippen LogP contribution in [-0.4, -0.2) is 22.3 Å². The van der Waals surface area contributed by atoms with Crippen LogP contribution in [0.1, 0.15) is 27.2 Å². The van der Waals surface area contributed by atoms with Gasteiger partial charge in [-0.1, -0.05) is 23.8 Å². The maximum absolute atomic E-state index is 12.6. The Morgan fingerprint density at radius 2 is 1.79 bits per heavy atom. The van der Waals surface area contributed by atoms with Crippen LogP contribution in [0.5, 0.6) is 11.5 Å². The molecule has 0 saturated heterocycles. The Hall–Kier alpha value is -3.42. The van der Waals surface area contributed by atoms with Gasteiger partial charge in [0.1, 0.15) is 11.5 Å². The standard InChI is InChI=1S/C21H21F2N3O3/c1-13-5-7-18(15(3)10-13)28-12-26-9-8-17(25-26)20(27)24-16-6-4-14(2)11-19(16)29-21(22)23/h4-11,21H,12H2,1-3H3,(H,24,27). The number of aryl methyl sites for hydroxylation is 3. The molecule has 8 heteroatoms. The van der Waals surface area contributed by atoms with E-state index in [2.05, 4.69) is 15.2 Å². The summed E-state index contributed by atoms with van der Waals surface area (Å²) < 4.78 is 36.9. The minimum atomic E-state index is -2.99. The summed E-state index contributed by atoms with van der Waals surface area (Å²) in [5.74, 6) is 0.0785. The van der Waals surface area contributed by atoms with Gasteiger partial charge in [0.05, 0.1) is 5.69 Å². The van der Waals surface area contributed by atoms with Gasteiger partial charge in [0.2, 0.25) is 0 Å². The number of nitrogens with zero attached hydrogens (tertiary/aromatic N) is 2. The van der Waals surface area contributed by atoms with Gasteiger partial charge in [0.25, 0.3) is 5.91 Å². The van der Waals surface area contributed by atoms with Crippen LogP contribution in [0.15, 0.2) is 48.7 Å². The fraction of sp³-hybridized carbons (Fsp3) is 0.238. The molecule has 2 aromatic carbocycles. The van der Waals surface area contributed by atoms with Gasteiger partial charge in [-0.15, -0.1) is 0 Å². The molecule has 0 atom stereocenters. The molecule has 1 N–H and O–H groups in total. The lowest BCUT2D eigenvalue weighted by Gasteiger charge is -2.12. The molecule has 1 aromatic heterocycles. The number of alkyl halides is 2. The minimum absolute atomic E-state index is 0.106. The molecule has 152 valence electrons. The second-order valence-electron chi connectivity index (χ2n) is 6.62. The Morgan fingerprint density at radius 1 is 1.07 bits per heavy atom. The third-order valence-electron chi connectivity index (χ3n) is 4.16. The van der Waals surface area contributed by atoms with Crippen molar-refractivity contribution in [1.82, 2.24) is 9.78 Å². The minimum Gasteiger partial charge on any atom is -0.471 e. The number of carbonyl (C=O) groups excluding carboxylic acids is 1. The molecular formula is C21H21F2N3O3. The van der Waals surface area contributed by atoms with Gasteiger partial charge in [-0.3, -0.25) is 4.79 Å². The van der Waals surface area contributed by atoms with Crippen molar-refractivity contribution in [2.75, 3.05) is 5.32 Å². The van der Waals surface area contributed by atoms with E-state index in [1.807, 2.05) is 32.0 Å². The van der Waals surface area contributed by atoms with Gasteiger partial charge in [-0.05, 0) is 56.2 Å². The lowest BCUT2D eigenvalue weighted by molar-refractivity contribution is -0.0494. The Kier molecular flexibility index (Phi) is 6.11. The van der Waals surface area contributed by atoms with E-state index >= 15 is 0 Å². The van der Waals surface area contributed by atoms with Crippen LogP contribution in [0.4, 0.5) is 14.5 Å². The monoisotopic (exact) mass is 401 g/mol. The highest BCUT2D eigenvalue weighted by Gasteiger charge is 2.15. The summed E-state index contributed by atoms with van der Waals surface area (Å²) >= 11 is 0. The normalized spacial score (nSPS) is 10.8. The highest BCUT2D eigenvalue weighted by molar-refractivity contribution is 6.03. The summed E-state index contributed by atoms with van der Waals surface area (Å²) in [6.45, 7) is 2.82. The molecular weight excluding hydrogens is 380 g/mol. The van der Waals surface area contributed by atoms with Crippen LogP contribution in [-0.2, 0) is 6.73 Å². The van der Waals surface area contributed by atoms with Crippen LogP contribution in [0, 0.1) is 20.8 Å². The van der Waals surface area contributed by atoms with Crippen molar-refractivity contribution in [3.8, 4) is 11.5 Å². The molecule has 1 amide bonds. The SMILES string of the molecule is Cc1ccc(OCn2ccc(C(=O)Nc3ccc(C)cc3OC(F)F)n2)c(C)c1. The second-order valence-corrected chi connectivity index (χ2v) is 6.62. The van der Waals surface area contributed by atoms with Gasteiger partial charge < -0.3 is 14.8 Å². The first-order valence-electron chi connectivity index (χ1n) is 8.92. The first-order valence-corrected chi connectivity index (χ1v) is 8.92. The molecule has 6 nitrogen and oxygen atoms in total. The number of amides is 1. The number of ether oxygens (including phenoxy) is 2. The number of aromatic nitrogens is 2. The molecule has 1 heterocycles. The molecule has 0 bridgehead atoms. The quantitative estimate of drug-likeness (QED) is 0.623. The van der Waals surface area contributed by atoms with Crippen molar-refractivity contribution < 1.29 is 23.0 Å². The van der Waals surface area contributed by atoms with E-state index in [0.717, 1.165) is 22.4 Å². The molecule has 3 rings (SSSR count). The molecule has 0 spiro atoms. The van der Waals surface area contributed by atoms with E-state index < -0.39 is 12.5 Å². The van der Waals surface area contributed by atoms with Crippen LogP contribution in [0.2, 0.25) is 0 Å². The van der Waals surface area contributed by atoms with Crippen LogP contribution < -0.4 is 14.8 Å². The van der Waals surface area contributed by atoms with Gasteiger partial charge in [-0.2, -0.15) is 13.9 Å². The van der Waals surface area contributed by atoms with Crippen molar-refractivity contribution in [2.24, 2.45) is 0 Å². The molecule has 0 radical (unpaired) electrons. The van der Waals surface area contributed by atoms with Gasteiger partial charge >= 0.3 is 6.61 Å². The van der Waals surface area contributed by atoms with Crippen molar-refractivity contribution in [2.45, 2.75) is 34.1 Å². The average Bonchev–Trinajstić information content (AvgIpc) is 3.12. The highest BCUT2D eigenvalue weighted by Crippen LogP contribution is 2.27. The lowest BCUT2D eigenvalue weighted by Crippen LogP contribution is -2.15. The Bertz CT molecular complexity index is 1020. The van der Waals surface area contributed by atoms with Crippen LogP contribution in [0.3, 0.4) is 0 Å². The Labute approximate surface area is 167 Å². The molecule has 29 heavy (non-hydrogen) atoms. The largest absolute Gasteiger partial charge is 0.471 e. The number of carbonyl (C=O) groups is 1. The van der Waals surface area contributed by atoms with Crippen molar-refractivity contribution in [3.63, 3.8) is 0 Å².